The summed E-state index contributed by atoms with van der Waals surface area (Å²) < 4.78 is 7.26. The second-order valence-electron chi connectivity index (χ2n) is 6.21. The van der Waals surface area contributed by atoms with E-state index in [1.54, 1.807) is 16.8 Å². The number of halogens is 1. The van der Waals surface area contributed by atoms with Crippen molar-refractivity contribution in [2.45, 2.75) is 19.6 Å². The van der Waals surface area contributed by atoms with Gasteiger partial charge in [0.2, 0.25) is 5.95 Å². The predicted molar refractivity (Wildman–Crippen MR) is 102 cm³/mol. The van der Waals surface area contributed by atoms with E-state index in [9.17, 15) is 4.79 Å². The topological polar surface area (TPSA) is 69.0 Å². The van der Waals surface area contributed by atoms with Crippen molar-refractivity contribution in [2.24, 2.45) is 0 Å². The molecule has 1 atom stereocenters. The number of fused-ring (bicyclic) bond motifs is 1. The first kappa shape index (κ1) is 17.3. The van der Waals surface area contributed by atoms with Gasteiger partial charge in [0.15, 0.2) is 0 Å². The van der Waals surface area contributed by atoms with Gasteiger partial charge in [-0.2, -0.15) is 10.1 Å². The highest BCUT2D eigenvalue weighted by atomic mass is 35.5. The Morgan fingerprint density at radius 2 is 1.93 bits per heavy atom. The molecule has 2 heterocycles. The number of benzene rings is 2. The van der Waals surface area contributed by atoms with Crippen molar-refractivity contribution >= 4 is 23.5 Å². The standard InChI is InChI=1S/C20H17ClN4O2/c1-13-17(19(26)27-11-14-5-3-2-4-6-14)18(15-7-9-16(21)10-8-15)25-20(24-13)22-12-23-25/h2-10,12,18H,11H2,1H3,(H,22,23,24)/t18-/m0/s1. The fraction of sp³-hybridized carbons (Fsp3) is 0.150. The first-order valence-electron chi connectivity index (χ1n) is 8.47. The largest absolute Gasteiger partial charge is 0.457 e. The third kappa shape index (κ3) is 3.44. The molecule has 7 heteroatoms. The Morgan fingerprint density at radius 3 is 2.67 bits per heavy atom. The molecule has 0 saturated carbocycles. The van der Waals surface area contributed by atoms with Crippen LogP contribution < -0.4 is 5.32 Å². The number of carbonyl (C=O) groups excluding carboxylic acids is 1. The number of esters is 1. The van der Waals surface area contributed by atoms with Gasteiger partial charge in [-0.1, -0.05) is 54.1 Å². The van der Waals surface area contributed by atoms with Crippen LogP contribution in [0.1, 0.15) is 24.1 Å². The zero-order chi connectivity index (χ0) is 18.8. The van der Waals surface area contributed by atoms with Crippen molar-refractivity contribution in [1.82, 2.24) is 14.8 Å². The van der Waals surface area contributed by atoms with E-state index in [1.165, 1.54) is 6.33 Å². The lowest BCUT2D eigenvalue weighted by molar-refractivity contribution is -0.140. The van der Waals surface area contributed by atoms with E-state index in [-0.39, 0.29) is 6.61 Å². The third-order valence-corrected chi connectivity index (χ3v) is 4.66. The molecule has 6 nitrogen and oxygen atoms in total. The Kier molecular flexibility index (Phi) is 4.64. The maximum absolute atomic E-state index is 13.0. The van der Waals surface area contributed by atoms with Crippen LogP contribution in [0.4, 0.5) is 5.95 Å². The van der Waals surface area contributed by atoms with Crippen molar-refractivity contribution in [3.05, 3.63) is 88.3 Å². The summed E-state index contributed by atoms with van der Waals surface area (Å²) in [5.41, 5.74) is 2.98. The molecule has 1 aliphatic heterocycles. The summed E-state index contributed by atoms with van der Waals surface area (Å²) in [5, 5.41) is 8.04. The Balaban J connectivity index is 1.67. The molecule has 1 N–H and O–H groups in total. The molecule has 4 rings (SSSR count). The maximum atomic E-state index is 13.0. The second-order valence-corrected chi connectivity index (χ2v) is 6.64. The number of aromatic nitrogens is 3. The summed E-state index contributed by atoms with van der Waals surface area (Å²) >= 11 is 6.02. The van der Waals surface area contributed by atoms with E-state index in [0.717, 1.165) is 11.1 Å². The minimum atomic E-state index is -0.440. The summed E-state index contributed by atoms with van der Waals surface area (Å²) in [4.78, 5) is 17.2. The molecule has 0 aliphatic carbocycles. The molecule has 136 valence electrons. The maximum Gasteiger partial charge on any atom is 0.338 e. The number of carbonyl (C=O) groups is 1. The average Bonchev–Trinajstić information content (AvgIpc) is 3.14. The molecule has 0 saturated heterocycles. The van der Waals surface area contributed by atoms with E-state index < -0.39 is 12.0 Å². The average molecular weight is 381 g/mol. The van der Waals surface area contributed by atoms with Crippen molar-refractivity contribution in [3.8, 4) is 0 Å². The number of ether oxygens (including phenoxy) is 1. The lowest BCUT2D eigenvalue weighted by Crippen LogP contribution is -2.29. The lowest BCUT2D eigenvalue weighted by atomic mass is 9.96. The first-order valence-corrected chi connectivity index (χ1v) is 8.85. The molecule has 1 aliphatic rings. The number of hydrogen-bond donors (Lipinski definition) is 1. The highest BCUT2D eigenvalue weighted by molar-refractivity contribution is 6.30. The number of hydrogen-bond acceptors (Lipinski definition) is 5. The SMILES string of the molecule is CC1=C(C(=O)OCc2ccccc2)[C@H](c2ccc(Cl)cc2)n2ncnc2N1. The minimum Gasteiger partial charge on any atom is -0.457 e. The summed E-state index contributed by atoms with van der Waals surface area (Å²) in [7, 11) is 0. The van der Waals surface area contributed by atoms with E-state index in [4.69, 9.17) is 16.3 Å². The Hall–Kier alpha value is -3.12. The Labute approximate surface area is 161 Å². The van der Waals surface area contributed by atoms with Crippen molar-refractivity contribution in [1.29, 1.82) is 0 Å². The fourth-order valence-electron chi connectivity index (χ4n) is 3.11. The number of anilines is 1. The van der Waals surface area contributed by atoms with Crippen LogP contribution in [0, 0.1) is 0 Å². The lowest BCUT2D eigenvalue weighted by Gasteiger charge is -2.28. The van der Waals surface area contributed by atoms with E-state index in [0.29, 0.717) is 22.2 Å². The molecule has 0 radical (unpaired) electrons. The number of rotatable bonds is 4. The van der Waals surface area contributed by atoms with Crippen LogP contribution in [-0.2, 0) is 16.1 Å². The summed E-state index contributed by atoms with van der Waals surface area (Å²) in [5.74, 6) is 0.178. The second kappa shape index (κ2) is 7.25. The van der Waals surface area contributed by atoms with Gasteiger partial charge >= 0.3 is 5.97 Å². The molecular weight excluding hydrogens is 364 g/mol. The van der Waals surface area contributed by atoms with Gasteiger partial charge < -0.3 is 10.1 Å². The van der Waals surface area contributed by atoms with Gasteiger partial charge in [-0.15, -0.1) is 0 Å². The van der Waals surface area contributed by atoms with Gasteiger partial charge in [-0.3, -0.25) is 0 Å². The minimum absolute atomic E-state index is 0.202. The number of nitrogens with zero attached hydrogens (tertiary/aromatic N) is 3. The fourth-order valence-corrected chi connectivity index (χ4v) is 3.24. The molecule has 0 spiro atoms. The van der Waals surface area contributed by atoms with Gasteiger partial charge in [0.1, 0.15) is 19.0 Å². The van der Waals surface area contributed by atoms with Gasteiger partial charge in [0.05, 0.1) is 5.57 Å². The quantitative estimate of drug-likeness (QED) is 0.694. The van der Waals surface area contributed by atoms with Crippen LogP contribution >= 0.6 is 11.6 Å². The van der Waals surface area contributed by atoms with Crippen molar-refractivity contribution < 1.29 is 9.53 Å². The van der Waals surface area contributed by atoms with Crippen molar-refractivity contribution in [2.75, 3.05) is 5.32 Å². The molecule has 0 amide bonds. The highest BCUT2D eigenvalue weighted by Crippen LogP contribution is 2.35. The summed E-state index contributed by atoms with van der Waals surface area (Å²) in [6.07, 6.45) is 1.46. The first-order chi connectivity index (χ1) is 13.1. The Morgan fingerprint density at radius 1 is 1.19 bits per heavy atom. The van der Waals surface area contributed by atoms with E-state index in [2.05, 4.69) is 15.4 Å². The van der Waals surface area contributed by atoms with Crippen LogP contribution in [-0.4, -0.2) is 20.7 Å². The molecular formula is C20H17ClN4O2. The number of nitrogens with one attached hydrogen (secondary N) is 1. The van der Waals surface area contributed by atoms with Crippen LogP contribution in [0.25, 0.3) is 0 Å². The molecule has 27 heavy (non-hydrogen) atoms. The zero-order valence-electron chi connectivity index (χ0n) is 14.6. The highest BCUT2D eigenvalue weighted by Gasteiger charge is 2.34. The van der Waals surface area contributed by atoms with Gasteiger partial charge in [-0.05, 0) is 30.2 Å². The molecule has 2 aromatic carbocycles. The Bertz CT molecular complexity index is 996. The molecule has 0 bridgehead atoms. The van der Waals surface area contributed by atoms with Crippen LogP contribution in [0.2, 0.25) is 5.02 Å². The van der Waals surface area contributed by atoms with E-state index in [1.807, 2.05) is 49.4 Å². The summed E-state index contributed by atoms with van der Waals surface area (Å²) in [6, 6.07) is 16.5. The van der Waals surface area contributed by atoms with E-state index >= 15 is 0 Å². The third-order valence-electron chi connectivity index (χ3n) is 4.41. The summed E-state index contributed by atoms with van der Waals surface area (Å²) in [6.45, 7) is 2.04. The predicted octanol–water partition coefficient (Wildman–Crippen LogP) is 3.96. The molecule has 3 aromatic rings. The normalized spacial score (nSPS) is 15.9. The zero-order valence-corrected chi connectivity index (χ0v) is 15.3. The van der Waals surface area contributed by atoms with Crippen LogP contribution in [0.5, 0.6) is 0 Å². The molecule has 0 unspecified atom stereocenters. The van der Waals surface area contributed by atoms with Crippen LogP contribution in [0.15, 0.2) is 72.2 Å². The van der Waals surface area contributed by atoms with Gasteiger partial charge in [-0.25, -0.2) is 9.48 Å². The molecule has 1 aromatic heterocycles. The van der Waals surface area contributed by atoms with Gasteiger partial charge in [0, 0.05) is 10.7 Å². The number of allylic oxidation sites excluding steroid dienone is 1. The monoisotopic (exact) mass is 380 g/mol. The van der Waals surface area contributed by atoms with Crippen molar-refractivity contribution in [3.63, 3.8) is 0 Å². The smallest absolute Gasteiger partial charge is 0.338 e. The molecule has 0 fully saturated rings. The van der Waals surface area contributed by atoms with Crippen LogP contribution in [0.3, 0.4) is 0 Å². The van der Waals surface area contributed by atoms with Gasteiger partial charge in [0.25, 0.3) is 0 Å².